The smallest absolute Gasteiger partial charge is 0.251 e. The van der Waals surface area contributed by atoms with E-state index in [1.54, 1.807) is 12.1 Å². The molecule has 32 heavy (non-hydrogen) atoms. The summed E-state index contributed by atoms with van der Waals surface area (Å²) in [5.41, 5.74) is 6.88. The van der Waals surface area contributed by atoms with E-state index in [4.69, 9.17) is 5.73 Å². The summed E-state index contributed by atoms with van der Waals surface area (Å²) in [7, 11) is 0. The van der Waals surface area contributed by atoms with Crippen LogP contribution in [-0.4, -0.2) is 48.8 Å². The van der Waals surface area contributed by atoms with Crippen LogP contribution in [-0.2, 0) is 9.59 Å². The van der Waals surface area contributed by atoms with E-state index < -0.39 is 6.04 Å². The third kappa shape index (κ3) is 7.20. The van der Waals surface area contributed by atoms with Crippen molar-refractivity contribution >= 4 is 17.7 Å². The van der Waals surface area contributed by atoms with E-state index in [1.807, 2.05) is 48.5 Å². The topological polar surface area (TPSA) is 105 Å². The number of hydrogen-bond donors (Lipinski definition) is 3. The van der Waals surface area contributed by atoms with E-state index in [-0.39, 0.29) is 30.1 Å². The third-order valence-corrected chi connectivity index (χ3v) is 5.81. The number of carbonyl (C=O) groups is 3. The molecule has 1 aliphatic heterocycles. The van der Waals surface area contributed by atoms with Crippen LogP contribution in [0.2, 0.25) is 0 Å². The predicted octanol–water partition coefficient (Wildman–Crippen LogP) is 2.25. The molecule has 3 rings (SSSR count). The fraction of sp³-hybridized carbons (Fsp3) is 0.400. The third-order valence-electron chi connectivity index (χ3n) is 5.81. The van der Waals surface area contributed by atoms with Gasteiger partial charge >= 0.3 is 0 Å². The zero-order valence-corrected chi connectivity index (χ0v) is 18.3. The number of nitrogens with two attached hydrogens (primary N) is 1. The van der Waals surface area contributed by atoms with E-state index >= 15 is 0 Å². The van der Waals surface area contributed by atoms with E-state index in [1.165, 1.54) is 0 Å². The number of piperidine rings is 1. The Morgan fingerprint density at radius 1 is 1.03 bits per heavy atom. The largest absolute Gasteiger partial charge is 0.369 e. The summed E-state index contributed by atoms with van der Waals surface area (Å²) in [4.78, 5) is 38.9. The van der Waals surface area contributed by atoms with Gasteiger partial charge in [0.15, 0.2) is 0 Å². The van der Waals surface area contributed by atoms with Crippen molar-refractivity contribution in [1.29, 1.82) is 0 Å². The number of hydrogen-bond acceptors (Lipinski definition) is 4. The van der Waals surface area contributed by atoms with Gasteiger partial charge in [-0.25, -0.2) is 0 Å². The lowest BCUT2D eigenvalue weighted by atomic mass is 9.97. The Balaban J connectivity index is 1.48. The van der Waals surface area contributed by atoms with E-state index in [9.17, 15) is 14.4 Å². The van der Waals surface area contributed by atoms with Crippen molar-refractivity contribution in [3.05, 3.63) is 71.8 Å². The number of amides is 3. The van der Waals surface area contributed by atoms with Crippen LogP contribution in [0.25, 0.3) is 0 Å². The second kappa shape index (κ2) is 12.0. The first-order valence-electron chi connectivity index (χ1n) is 11.2. The molecule has 0 aromatic heterocycles. The van der Waals surface area contributed by atoms with Crippen molar-refractivity contribution in [2.75, 3.05) is 26.2 Å². The van der Waals surface area contributed by atoms with Gasteiger partial charge in [0.25, 0.3) is 5.91 Å². The van der Waals surface area contributed by atoms with Crippen molar-refractivity contribution < 1.29 is 14.4 Å². The molecule has 0 radical (unpaired) electrons. The number of primary amides is 1. The predicted molar refractivity (Wildman–Crippen MR) is 124 cm³/mol. The lowest BCUT2D eigenvalue weighted by Gasteiger charge is -2.31. The summed E-state index contributed by atoms with van der Waals surface area (Å²) in [6.07, 6.45) is 2.79. The molecular weight excluding hydrogens is 404 g/mol. The maximum atomic E-state index is 12.6. The molecule has 1 heterocycles. The second-order valence-electron chi connectivity index (χ2n) is 8.25. The fourth-order valence-corrected chi connectivity index (χ4v) is 4.05. The van der Waals surface area contributed by atoms with Gasteiger partial charge in [0.2, 0.25) is 11.8 Å². The molecule has 7 heteroatoms. The molecule has 2 aromatic carbocycles. The van der Waals surface area contributed by atoms with Gasteiger partial charge in [-0.1, -0.05) is 48.5 Å². The molecular formula is C25H32N4O3. The van der Waals surface area contributed by atoms with Gasteiger partial charge in [0.1, 0.15) is 0 Å². The Morgan fingerprint density at radius 3 is 2.41 bits per heavy atom. The average molecular weight is 437 g/mol. The number of nitrogens with zero attached hydrogens (tertiary/aromatic N) is 1. The highest BCUT2D eigenvalue weighted by atomic mass is 16.2. The number of likely N-dealkylation sites (tertiary alicyclic amines) is 1. The number of nitrogens with one attached hydrogen (secondary N) is 2. The number of carbonyl (C=O) groups excluding carboxylic acids is 3. The van der Waals surface area contributed by atoms with Crippen molar-refractivity contribution in [1.82, 2.24) is 15.5 Å². The van der Waals surface area contributed by atoms with Crippen molar-refractivity contribution in [3.8, 4) is 0 Å². The first-order valence-corrected chi connectivity index (χ1v) is 11.2. The summed E-state index contributed by atoms with van der Waals surface area (Å²) >= 11 is 0. The maximum Gasteiger partial charge on any atom is 0.251 e. The molecule has 1 aliphatic rings. The Morgan fingerprint density at radius 2 is 1.72 bits per heavy atom. The molecule has 1 fully saturated rings. The highest BCUT2D eigenvalue weighted by Crippen LogP contribution is 2.18. The minimum atomic E-state index is -0.415. The molecule has 2 unspecified atom stereocenters. The quantitative estimate of drug-likeness (QED) is 0.497. The van der Waals surface area contributed by atoms with Gasteiger partial charge in [-0.15, -0.1) is 0 Å². The Labute approximate surface area is 189 Å². The summed E-state index contributed by atoms with van der Waals surface area (Å²) in [6.45, 7) is 3.02. The lowest BCUT2D eigenvalue weighted by Crippen LogP contribution is -2.42. The standard InChI is InChI=1S/C25H32N4O3/c26-24(31)21-13-7-15-29(18-21)16-8-14-27-23(30)17-22(19-9-3-1-4-10-19)28-25(32)20-11-5-2-6-12-20/h1-6,9-12,21-22H,7-8,13-18H2,(H2,26,31)(H,27,30)(H,28,32). The van der Waals surface area contributed by atoms with Gasteiger partial charge in [-0.3, -0.25) is 14.4 Å². The Hall–Kier alpha value is -3.19. The summed E-state index contributed by atoms with van der Waals surface area (Å²) in [5.74, 6) is -0.618. The molecule has 3 amide bonds. The first kappa shape index (κ1) is 23.5. The van der Waals surface area contributed by atoms with Crippen LogP contribution in [0.15, 0.2) is 60.7 Å². The van der Waals surface area contributed by atoms with Crippen LogP contribution < -0.4 is 16.4 Å². The molecule has 4 N–H and O–H groups in total. The summed E-state index contributed by atoms with van der Waals surface area (Å²) in [5, 5.41) is 5.95. The highest BCUT2D eigenvalue weighted by molar-refractivity contribution is 5.94. The maximum absolute atomic E-state index is 12.6. The van der Waals surface area contributed by atoms with Gasteiger partial charge in [-0.2, -0.15) is 0 Å². The lowest BCUT2D eigenvalue weighted by molar-refractivity contribution is -0.123. The number of benzene rings is 2. The second-order valence-corrected chi connectivity index (χ2v) is 8.25. The minimum Gasteiger partial charge on any atom is -0.369 e. The SMILES string of the molecule is NC(=O)C1CCCN(CCCNC(=O)CC(NC(=O)c2ccccc2)c2ccccc2)C1. The first-order chi connectivity index (χ1) is 15.5. The molecule has 0 bridgehead atoms. The minimum absolute atomic E-state index is 0.0711. The molecule has 0 spiro atoms. The zero-order valence-electron chi connectivity index (χ0n) is 18.3. The molecule has 2 aromatic rings. The average Bonchev–Trinajstić information content (AvgIpc) is 2.82. The van der Waals surface area contributed by atoms with Gasteiger partial charge in [0, 0.05) is 18.7 Å². The van der Waals surface area contributed by atoms with Crippen LogP contribution in [0.5, 0.6) is 0 Å². The normalized spacial score (nSPS) is 17.3. The Bertz CT molecular complexity index is 889. The van der Waals surface area contributed by atoms with Crippen LogP contribution in [0, 0.1) is 5.92 Å². The molecule has 2 atom stereocenters. The fourth-order valence-electron chi connectivity index (χ4n) is 4.05. The zero-order chi connectivity index (χ0) is 22.8. The molecule has 1 saturated heterocycles. The van der Waals surface area contributed by atoms with E-state index in [0.29, 0.717) is 18.7 Å². The van der Waals surface area contributed by atoms with Gasteiger partial charge in [0.05, 0.1) is 18.4 Å². The van der Waals surface area contributed by atoms with E-state index in [2.05, 4.69) is 15.5 Å². The van der Waals surface area contributed by atoms with Crippen LogP contribution >= 0.6 is 0 Å². The van der Waals surface area contributed by atoms with Gasteiger partial charge in [-0.05, 0) is 50.0 Å². The van der Waals surface area contributed by atoms with Gasteiger partial charge < -0.3 is 21.3 Å². The van der Waals surface area contributed by atoms with Crippen molar-refractivity contribution in [2.45, 2.75) is 31.7 Å². The molecule has 0 saturated carbocycles. The number of rotatable bonds is 10. The van der Waals surface area contributed by atoms with E-state index in [0.717, 1.165) is 37.9 Å². The van der Waals surface area contributed by atoms with Crippen molar-refractivity contribution in [2.24, 2.45) is 11.7 Å². The Kier molecular flexibility index (Phi) is 8.80. The van der Waals surface area contributed by atoms with Crippen molar-refractivity contribution in [3.63, 3.8) is 0 Å². The highest BCUT2D eigenvalue weighted by Gasteiger charge is 2.23. The van der Waals surface area contributed by atoms with Crippen LogP contribution in [0.4, 0.5) is 0 Å². The van der Waals surface area contributed by atoms with Crippen LogP contribution in [0.1, 0.15) is 47.6 Å². The monoisotopic (exact) mass is 436 g/mol. The molecule has 0 aliphatic carbocycles. The van der Waals surface area contributed by atoms with Crippen LogP contribution in [0.3, 0.4) is 0 Å². The molecule has 170 valence electrons. The summed E-state index contributed by atoms with van der Waals surface area (Å²) < 4.78 is 0. The molecule has 7 nitrogen and oxygen atoms in total. The summed E-state index contributed by atoms with van der Waals surface area (Å²) in [6, 6.07) is 18.1.